The van der Waals surface area contributed by atoms with Gasteiger partial charge in [-0.25, -0.2) is 4.98 Å². The Kier molecular flexibility index (Phi) is 6.10. The third kappa shape index (κ3) is 4.49. The van der Waals surface area contributed by atoms with Gasteiger partial charge in [0.25, 0.3) is 0 Å². The monoisotopic (exact) mass is 479 g/mol. The lowest BCUT2D eigenvalue weighted by Gasteiger charge is -2.29. The number of halogens is 3. The summed E-state index contributed by atoms with van der Waals surface area (Å²) in [5.41, 5.74) is -0.325. The first kappa shape index (κ1) is 21.9. The molecule has 160 valence electrons. The van der Waals surface area contributed by atoms with Gasteiger partial charge in [0.1, 0.15) is 11.1 Å². The average Bonchev–Trinajstić information content (AvgIpc) is 3.43. The third-order valence-corrected chi connectivity index (χ3v) is 7.92. The van der Waals surface area contributed by atoms with Gasteiger partial charge in [-0.3, -0.25) is 4.79 Å². The minimum Gasteiger partial charge on any atom is -0.337 e. The Hall–Kier alpha value is -2.35. The van der Waals surface area contributed by atoms with Crippen LogP contribution in [0.4, 0.5) is 13.2 Å². The number of hydrogen-bond donors (Lipinski definition) is 0. The molecule has 31 heavy (non-hydrogen) atoms. The van der Waals surface area contributed by atoms with Crippen molar-refractivity contribution in [2.24, 2.45) is 0 Å². The number of carbonyl (C=O) groups is 1. The van der Waals surface area contributed by atoms with Crippen LogP contribution in [0.1, 0.15) is 28.5 Å². The second-order valence-corrected chi connectivity index (χ2v) is 10.2. The standard InChI is InChI=1S/C21H16F3N3OS3/c1-12(20(28)27-6-4-17-13(11-27)5-8-30-17)31-19-14(10-25)15(21(22,23)24)9-16(26-19)18-3-2-7-29-18/h2-3,5,7-9,12H,4,6,11H2,1H3. The highest BCUT2D eigenvalue weighted by atomic mass is 32.2. The van der Waals surface area contributed by atoms with E-state index >= 15 is 0 Å². The molecule has 0 saturated carbocycles. The number of fused-ring (bicyclic) bond motifs is 1. The van der Waals surface area contributed by atoms with Gasteiger partial charge in [-0.2, -0.15) is 18.4 Å². The van der Waals surface area contributed by atoms with Gasteiger partial charge in [-0.1, -0.05) is 17.8 Å². The van der Waals surface area contributed by atoms with Crippen LogP contribution < -0.4 is 0 Å². The fourth-order valence-corrected chi connectivity index (χ4v) is 5.99. The van der Waals surface area contributed by atoms with Gasteiger partial charge < -0.3 is 4.90 Å². The number of amides is 1. The topological polar surface area (TPSA) is 57.0 Å². The van der Waals surface area contributed by atoms with Crippen molar-refractivity contribution in [3.05, 3.63) is 56.6 Å². The minimum atomic E-state index is -4.70. The molecule has 10 heteroatoms. The predicted molar refractivity (Wildman–Crippen MR) is 116 cm³/mol. The van der Waals surface area contributed by atoms with E-state index in [-0.39, 0.29) is 16.6 Å². The van der Waals surface area contributed by atoms with Crippen molar-refractivity contribution in [3.8, 4) is 16.6 Å². The molecule has 4 heterocycles. The van der Waals surface area contributed by atoms with E-state index in [0.717, 1.165) is 29.8 Å². The molecule has 1 aliphatic heterocycles. The summed E-state index contributed by atoms with van der Waals surface area (Å²) in [7, 11) is 0. The van der Waals surface area contributed by atoms with Crippen molar-refractivity contribution in [3.63, 3.8) is 0 Å². The number of aromatic nitrogens is 1. The highest BCUT2D eigenvalue weighted by molar-refractivity contribution is 8.00. The van der Waals surface area contributed by atoms with Crippen molar-refractivity contribution >= 4 is 40.3 Å². The number of hydrogen-bond acceptors (Lipinski definition) is 6. The molecule has 4 rings (SSSR count). The molecule has 3 aromatic heterocycles. The van der Waals surface area contributed by atoms with E-state index in [1.165, 1.54) is 16.2 Å². The van der Waals surface area contributed by atoms with Crippen molar-refractivity contribution in [1.29, 1.82) is 5.26 Å². The first-order valence-corrected chi connectivity index (χ1v) is 12.0. The SMILES string of the molecule is CC(Sc1nc(-c2cccs2)cc(C(F)(F)F)c1C#N)C(=O)N1CCc2sccc2C1. The second-order valence-electron chi connectivity index (χ2n) is 6.96. The summed E-state index contributed by atoms with van der Waals surface area (Å²) < 4.78 is 41.0. The zero-order valence-corrected chi connectivity index (χ0v) is 18.7. The Bertz CT molecular complexity index is 1150. The molecule has 1 amide bonds. The maximum Gasteiger partial charge on any atom is 0.417 e. The molecule has 1 atom stereocenters. The molecule has 0 saturated heterocycles. The Labute approximate surface area is 189 Å². The average molecular weight is 480 g/mol. The lowest BCUT2D eigenvalue weighted by Crippen LogP contribution is -2.39. The minimum absolute atomic E-state index is 0.0743. The van der Waals surface area contributed by atoms with Gasteiger partial charge in [-0.15, -0.1) is 22.7 Å². The largest absolute Gasteiger partial charge is 0.417 e. The van der Waals surface area contributed by atoms with Crippen molar-refractivity contribution in [2.45, 2.75) is 36.3 Å². The van der Waals surface area contributed by atoms with E-state index in [9.17, 15) is 23.2 Å². The Morgan fingerprint density at radius 1 is 1.32 bits per heavy atom. The molecule has 0 fully saturated rings. The Morgan fingerprint density at radius 2 is 2.13 bits per heavy atom. The molecular formula is C21H16F3N3OS3. The van der Waals surface area contributed by atoms with Gasteiger partial charge in [0.05, 0.1) is 26.9 Å². The number of pyridine rings is 1. The van der Waals surface area contributed by atoms with E-state index < -0.39 is 22.6 Å². The number of nitriles is 1. The van der Waals surface area contributed by atoms with Crippen molar-refractivity contribution in [1.82, 2.24) is 9.88 Å². The molecule has 0 aromatic carbocycles. The van der Waals surface area contributed by atoms with E-state index in [0.29, 0.717) is 18.0 Å². The third-order valence-electron chi connectivity index (χ3n) is 4.93. The van der Waals surface area contributed by atoms with E-state index in [1.807, 2.05) is 11.4 Å². The number of thioether (sulfide) groups is 1. The fraction of sp³-hybridized carbons (Fsp3) is 0.286. The van der Waals surface area contributed by atoms with Crippen LogP contribution in [0.2, 0.25) is 0 Å². The molecule has 1 unspecified atom stereocenters. The molecule has 4 nitrogen and oxygen atoms in total. The Balaban J connectivity index is 1.64. The van der Waals surface area contributed by atoms with Crippen LogP contribution in [0.25, 0.3) is 10.6 Å². The van der Waals surface area contributed by atoms with Gasteiger partial charge >= 0.3 is 6.18 Å². The highest BCUT2D eigenvalue weighted by Crippen LogP contribution is 2.40. The van der Waals surface area contributed by atoms with Crippen molar-refractivity contribution in [2.75, 3.05) is 6.54 Å². The maximum atomic E-state index is 13.7. The summed E-state index contributed by atoms with van der Waals surface area (Å²) in [6, 6.07) is 7.95. The summed E-state index contributed by atoms with van der Waals surface area (Å²) in [5, 5.41) is 12.5. The number of alkyl halides is 3. The van der Waals surface area contributed by atoms with E-state index in [1.54, 1.807) is 46.7 Å². The number of thiophene rings is 2. The fourth-order valence-electron chi connectivity index (χ4n) is 3.40. The van der Waals surface area contributed by atoms with Gasteiger partial charge in [-0.05, 0) is 47.9 Å². The quantitative estimate of drug-likeness (QED) is 0.442. The number of rotatable bonds is 4. The number of nitrogens with zero attached hydrogens (tertiary/aromatic N) is 3. The molecule has 0 spiro atoms. The summed E-state index contributed by atoms with van der Waals surface area (Å²) in [6.07, 6.45) is -3.94. The summed E-state index contributed by atoms with van der Waals surface area (Å²) in [5.74, 6) is -0.178. The van der Waals surface area contributed by atoms with Crippen LogP contribution in [0, 0.1) is 11.3 Å². The van der Waals surface area contributed by atoms with Crippen LogP contribution in [-0.2, 0) is 23.9 Å². The van der Waals surface area contributed by atoms with Crippen LogP contribution >= 0.6 is 34.4 Å². The molecule has 0 aliphatic carbocycles. The van der Waals surface area contributed by atoms with E-state index in [2.05, 4.69) is 4.98 Å². The van der Waals surface area contributed by atoms with Gasteiger partial charge in [0, 0.05) is 18.0 Å². The lowest BCUT2D eigenvalue weighted by atomic mass is 10.1. The number of carbonyl (C=O) groups excluding carboxylic acids is 1. The van der Waals surface area contributed by atoms with Crippen LogP contribution in [0.3, 0.4) is 0 Å². The predicted octanol–water partition coefficient (Wildman–Crippen LogP) is 5.83. The van der Waals surface area contributed by atoms with Crippen LogP contribution in [0.5, 0.6) is 0 Å². The zero-order chi connectivity index (χ0) is 22.2. The molecule has 0 bridgehead atoms. The molecule has 0 radical (unpaired) electrons. The van der Waals surface area contributed by atoms with Crippen molar-refractivity contribution < 1.29 is 18.0 Å². The van der Waals surface area contributed by atoms with Crippen LogP contribution in [0.15, 0.2) is 40.1 Å². The van der Waals surface area contributed by atoms with Gasteiger partial charge in [0.2, 0.25) is 5.91 Å². The first-order chi connectivity index (χ1) is 14.8. The molecule has 0 N–H and O–H groups in total. The first-order valence-electron chi connectivity index (χ1n) is 9.35. The lowest BCUT2D eigenvalue weighted by molar-refractivity contribution is -0.138. The maximum absolute atomic E-state index is 13.7. The highest BCUT2D eigenvalue weighted by Gasteiger charge is 2.37. The summed E-state index contributed by atoms with van der Waals surface area (Å²) in [6.45, 7) is 2.70. The van der Waals surface area contributed by atoms with Crippen LogP contribution in [-0.4, -0.2) is 27.6 Å². The molecule has 3 aromatic rings. The van der Waals surface area contributed by atoms with E-state index in [4.69, 9.17) is 0 Å². The normalized spacial score (nSPS) is 14.7. The smallest absolute Gasteiger partial charge is 0.337 e. The summed E-state index contributed by atoms with van der Waals surface area (Å²) >= 11 is 3.83. The summed E-state index contributed by atoms with van der Waals surface area (Å²) in [4.78, 5) is 20.9. The Morgan fingerprint density at radius 3 is 2.81 bits per heavy atom. The second kappa shape index (κ2) is 8.65. The zero-order valence-electron chi connectivity index (χ0n) is 16.3. The molecule has 1 aliphatic rings. The van der Waals surface area contributed by atoms with Gasteiger partial charge in [0.15, 0.2) is 0 Å². The molecular weight excluding hydrogens is 463 g/mol.